The number of hydrogen-bond donors (Lipinski definition) is 1. The highest BCUT2D eigenvalue weighted by molar-refractivity contribution is 7.11. The number of anilines is 1. The molecule has 0 radical (unpaired) electrons. The van der Waals surface area contributed by atoms with Gasteiger partial charge >= 0.3 is 0 Å². The highest BCUT2D eigenvalue weighted by Crippen LogP contribution is 2.32. The molecule has 1 unspecified atom stereocenters. The molecule has 3 rings (SSSR count). The summed E-state index contributed by atoms with van der Waals surface area (Å²) in [5, 5.41) is 12.3. The molecule has 8 heteroatoms. The van der Waals surface area contributed by atoms with E-state index in [-0.39, 0.29) is 6.10 Å². The van der Waals surface area contributed by atoms with Crippen molar-refractivity contribution < 1.29 is 9.47 Å². The molecule has 2 aromatic heterocycles. The zero-order chi connectivity index (χ0) is 14.7. The van der Waals surface area contributed by atoms with Gasteiger partial charge in [-0.15, -0.1) is 21.5 Å². The minimum absolute atomic E-state index is 0.161. The van der Waals surface area contributed by atoms with Crippen LogP contribution in [0.15, 0.2) is 12.3 Å². The monoisotopic (exact) mass is 326 g/mol. The number of nitrogens with zero attached hydrogens (tertiary/aromatic N) is 3. The maximum Gasteiger partial charge on any atom is 0.191 e. The Morgan fingerprint density at radius 1 is 1.52 bits per heavy atom. The second-order valence-electron chi connectivity index (χ2n) is 4.60. The predicted octanol–water partition coefficient (Wildman–Crippen LogP) is 3.06. The van der Waals surface area contributed by atoms with E-state index in [4.69, 9.17) is 21.1 Å². The Morgan fingerprint density at radius 2 is 2.43 bits per heavy atom. The van der Waals surface area contributed by atoms with Gasteiger partial charge in [-0.2, -0.15) is 0 Å². The fourth-order valence-electron chi connectivity index (χ4n) is 2.13. The molecule has 0 aromatic carbocycles. The maximum absolute atomic E-state index is 5.79. The lowest BCUT2D eigenvalue weighted by molar-refractivity contribution is 0.111. The van der Waals surface area contributed by atoms with E-state index in [2.05, 4.69) is 20.5 Å². The molecule has 0 spiro atoms. The largest absolute Gasteiger partial charge is 0.493 e. The summed E-state index contributed by atoms with van der Waals surface area (Å²) in [6.45, 7) is 1.44. The Kier molecular flexibility index (Phi) is 4.52. The van der Waals surface area contributed by atoms with Crippen LogP contribution >= 0.6 is 22.9 Å². The molecule has 1 fully saturated rings. The molecule has 2 aromatic rings. The molecule has 3 heterocycles. The van der Waals surface area contributed by atoms with E-state index in [1.54, 1.807) is 24.5 Å². The second kappa shape index (κ2) is 6.55. The molecule has 1 atom stereocenters. The van der Waals surface area contributed by atoms with Crippen LogP contribution in [-0.4, -0.2) is 28.9 Å². The first-order valence-electron chi connectivity index (χ1n) is 6.63. The smallest absolute Gasteiger partial charge is 0.191 e. The van der Waals surface area contributed by atoms with Crippen molar-refractivity contribution in [2.24, 2.45) is 0 Å². The molecular formula is C13H15ClN4O2S. The lowest BCUT2D eigenvalue weighted by atomic mass is 10.2. The molecule has 1 saturated heterocycles. The van der Waals surface area contributed by atoms with Crippen LogP contribution in [0.2, 0.25) is 5.15 Å². The average molecular weight is 327 g/mol. The van der Waals surface area contributed by atoms with Gasteiger partial charge in [-0.05, 0) is 12.8 Å². The quantitative estimate of drug-likeness (QED) is 0.910. The van der Waals surface area contributed by atoms with Gasteiger partial charge in [0.1, 0.15) is 11.1 Å². The number of aromatic nitrogens is 3. The van der Waals surface area contributed by atoms with Crippen LogP contribution in [0.1, 0.15) is 28.8 Å². The third-order valence-corrected chi connectivity index (χ3v) is 4.43. The van der Waals surface area contributed by atoms with Gasteiger partial charge in [0.15, 0.2) is 16.7 Å². The first-order chi connectivity index (χ1) is 10.3. The summed E-state index contributed by atoms with van der Waals surface area (Å²) in [7, 11) is 1.57. The third kappa shape index (κ3) is 3.42. The Labute approximate surface area is 131 Å². The first-order valence-corrected chi connectivity index (χ1v) is 7.83. The van der Waals surface area contributed by atoms with E-state index in [0.29, 0.717) is 23.3 Å². The predicted molar refractivity (Wildman–Crippen MR) is 81.0 cm³/mol. The number of nitrogens with one attached hydrogen (secondary N) is 1. The van der Waals surface area contributed by atoms with E-state index in [1.165, 1.54) is 0 Å². The van der Waals surface area contributed by atoms with Crippen LogP contribution in [0.5, 0.6) is 5.75 Å². The molecule has 0 bridgehead atoms. The highest BCUT2D eigenvalue weighted by Gasteiger charge is 2.20. The van der Waals surface area contributed by atoms with Gasteiger partial charge in [0.25, 0.3) is 0 Å². The molecule has 1 N–H and O–H groups in total. The lowest BCUT2D eigenvalue weighted by Gasteiger charge is -2.08. The minimum Gasteiger partial charge on any atom is -0.493 e. The van der Waals surface area contributed by atoms with Crippen LogP contribution in [0.25, 0.3) is 0 Å². The summed E-state index contributed by atoms with van der Waals surface area (Å²) in [5.74, 6) is 1.13. The summed E-state index contributed by atoms with van der Waals surface area (Å²) in [5.41, 5.74) is 0. The topological polar surface area (TPSA) is 69.2 Å². The van der Waals surface area contributed by atoms with Gasteiger partial charge in [0.05, 0.1) is 13.7 Å². The molecule has 0 aliphatic carbocycles. The Hall–Kier alpha value is -1.44. The number of methoxy groups -OCH3 is 1. The van der Waals surface area contributed by atoms with E-state index in [1.807, 2.05) is 6.20 Å². The van der Waals surface area contributed by atoms with Crippen LogP contribution in [-0.2, 0) is 11.3 Å². The molecule has 112 valence electrons. The molecular weight excluding hydrogens is 312 g/mol. The average Bonchev–Trinajstić information content (AvgIpc) is 3.16. The normalized spacial score (nSPS) is 17.9. The maximum atomic E-state index is 5.79. The Morgan fingerprint density at radius 3 is 3.19 bits per heavy atom. The van der Waals surface area contributed by atoms with Crippen molar-refractivity contribution in [1.29, 1.82) is 0 Å². The van der Waals surface area contributed by atoms with Crippen molar-refractivity contribution in [1.82, 2.24) is 15.2 Å². The molecule has 1 aliphatic heterocycles. The van der Waals surface area contributed by atoms with Crippen molar-refractivity contribution in [3.8, 4) is 5.75 Å². The third-order valence-electron chi connectivity index (χ3n) is 3.16. The van der Waals surface area contributed by atoms with Gasteiger partial charge in [-0.3, -0.25) is 0 Å². The lowest BCUT2D eigenvalue weighted by Crippen LogP contribution is -2.03. The van der Waals surface area contributed by atoms with Crippen molar-refractivity contribution in [2.75, 3.05) is 19.0 Å². The summed E-state index contributed by atoms with van der Waals surface area (Å²) >= 11 is 7.44. The number of hydrogen-bond acceptors (Lipinski definition) is 7. The standard InChI is InChI=1S/C13H15ClN4O2S/c1-19-10-5-11(14)17-18-12(10)15-6-8-7-16-13(21-8)9-3-2-4-20-9/h5,7,9H,2-4,6H2,1H3,(H,15,18). The zero-order valence-electron chi connectivity index (χ0n) is 11.5. The van der Waals surface area contributed by atoms with E-state index >= 15 is 0 Å². The molecule has 6 nitrogen and oxygen atoms in total. The fourth-order valence-corrected chi connectivity index (χ4v) is 3.21. The number of ether oxygens (including phenoxy) is 2. The van der Waals surface area contributed by atoms with Crippen LogP contribution in [0.4, 0.5) is 5.82 Å². The molecule has 0 amide bonds. The van der Waals surface area contributed by atoms with E-state index in [0.717, 1.165) is 29.3 Å². The molecule has 1 aliphatic rings. The SMILES string of the molecule is COc1cc(Cl)nnc1NCc1cnc(C2CCCO2)s1. The van der Waals surface area contributed by atoms with Gasteiger partial charge in [0.2, 0.25) is 0 Å². The summed E-state index contributed by atoms with van der Waals surface area (Å²) in [6.07, 6.45) is 4.19. The van der Waals surface area contributed by atoms with Crippen molar-refractivity contribution in [2.45, 2.75) is 25.5 Å². The number of thiazole rings is 1. The van der Waals surface area contributed by atoms with Crippen LogP contribution in [0.3, 0.4) is 0 Å². The van der Waals surface area contributed by atoms with Gasteiger partial charge in [-0.1, -0.05) is 11.6 Å². The first kappa shape index (κ1) is 14.5. The van der Waals surface area contributed by atoms with Crippen molar-refractivity contribution in [3.63, 3.8) is 0 Å². The zero-order valence-corrected chi connectivity index (χ0v) is 13.1. The Balaban J connectivity index is 1.65. The number of halogens is 1. The number of rotatable bonds is 5. The fraction of sp³-hybridized carbons (Fsp3) is 0.462. The van der Waals surface area contributed by atoms with Crippen LogP contribution in [0, 0.1) is 0 Å². The van der Waals surface area contributed by atoms with Crippen molar-refractivity contribution in [3.05, 3.63) is 27.3 Å². The summed E-state index contributed by atoms with van der Waals surface area (Å²) in [4.78, 5) is 5.54. The minimum atomic E-state index is 0.161. The molecule has 21 heavy (non-hydrogen) atoms. The molecule has 0 saturated carbocycles. The van der Waals surface area contributed by atoms with Gasteiger partial charge in [0, 0.05) is 23.7 Å². The van der Waals surface area contributed by atoms with Gasteiger partial charge in [-0.25, -0.2) is 4.98 Å². The summed E-state index contributed by atoms with van der Waals surface area (Å²) < 4.78 is 10.9. The van der Waals surface area contributed by atoms with E-state index in [9.17, 15) is 0 Å². The Bertz CT molecular complexity index is 616. The van der Waals surface area contributed by atoms with E-state index < -0.39 is 0 Å². The van der Waals surface area contributed by atoms with Crippen molar-refractivity contribution >= 4 is 28.8 Å². The second-order valence-corrected chi connectivity index (χ2v) is 6.14. The highest BCUT2D eigenvalue weighted by atomic mass is 35.5. The van der Waals surface area contributed by atoms with Crippen LogP contribution < -0.4 is 10.1 Å². The summed E-state index contributed by atoms with van der Waals surface area (Å²) in [6, 6.07) is 1.63. The van der Waals surface area contributed by atoms with Gasteiger partial charge < -0.3 is 14.8 Å².